The minimum absolute atomic E-state index is 0.0271. The Morgan fingerprint density at radius 3 is 2.56 bits per heavy atom. The Bertz CT molecular complexity index is 1410. The first-order valence-electron chi connectivity index (χ1n) is 13.5. The number of hydrogen-bond donors (Lipinski definition) is 1. The minimum Gasteiger partial charge on any atom is -0.507 e. The zero-order chi connectivity index (χ0) is 29.7. The van der Waals surface area contributed by atoms with E-state index in [4.69, 9.17) is 35.0 Å². The quantitative estimate of drug-likeness (QED) is 0.319. The van der Waals surface area contributed by atoms with Gasteiger partial charge < -0.3 is 33.4 Å². The molecule has 0 amide bonds. The number of likely N-dealkylation sites (N-methyl/N-ethyl adjacent to an activating group) is 1. The van der Waals surface area contributed by atoms with E-state index in [0.717, 1.165) is 0 Å². The van der Waals surface area contributed by atoms with Crippen molar-refractivity contribution >= 4 is 34.5 Å². The second-order valence-electron chi connectivity index (χ2n) is 10.6. The number of rotatable bonds is 10. The third-order valence-electron chi connectivity index (χ3n) is 7.62. The third-order valence-corrected chi connectivity index (χ3v) is 8.16. The van der Waals surface area contributed by atoms with Crippen LogP contribution >= 0.6 is 11.6 Å². The highest BCUT2D eigenvalue weighted by Gasteiger charge is 2.39. The fourth-order valence-electron chi connectivity index (χ4n) is 5.27. The average Bonchev–Trinajstić information content (AvgIpc) is 2.93. The third kappa shape index (κ3) is 6.67. The summed E-state index contributed by atoms with van der Waals surface area (Å²) in [7, 11) is 4.89. The van der Waals surface area contributed by atoms with E-state index < -0.39 is 40.6 Å². The van der Waals surface area contributed by atoms with E-state index in [2.05, 4.69) is 0 Å². The standard InChI is InChI=1S/C30H36ClNO9/c1-30(11-6-5-7-23(30)31)24-16-20(34)28-19(33)15-21(39-25(35)9-13-37-3)27(29(28)41-24)18-8-12-32(2)17-22(18)40-26(36)10-14-38-4/h5-7,15-16,18,22,33H,8-14,17H2,1-4H3/t18-,22+,30?/m0/s1. The number of benzene rings is 1. The molecule has 2 aromatic rings. The van der Waals surface area contributed by atoms with Gasteiger partial charge in [-0.2, -0.15) is 0 Å². The van der Waals surface area contributed by atoms with Crippen LogP contribution in [0.1, 0.15) is 49.8 Å². The minimum atomic E-state index is -0.833. The molecule has 2 aliphatic rings. The van der Waals surface area contributed by atoms with Crippen LogP contribution < -0.4 is 10.2 Å². The number of ether oxygens (including phenoxy) is 4. The first kappa shape index (κ1) is 30.8. The number of piperidine rings is 1. The zero-order valence-electron chi connectivity index (χ0n) is 23.7. The average molecular weight is 590 g/mol. The smallest absolute Gasteiger partial charge is 0.313 e. The summed E-state index contributed by atoms with van der Waals surface area (Å²) in [5, 5.41) is 11.4. The van der Waals surface area contributed by atoms with Crippen LogP contribution in [-0.4, -0.2) is 75.6 Å². The van der Waals surface area contributed by atoms with Crippen molar-refractivity contribution in [2.24, 2.45) is 0 Å². The summed E-state index contributed by atoms with van der Waals surface area (Å²) in [4.78, 5) is 41.0. The Morgan fingerprint density at radius 1 is 1.17 bits per heavy atom. The molecule has 1 unspecified atom stereocenters. The molecule has 222 valence electrons. The lowest BCUT2D eigenvalue weighted by molar-refractivity contribution is -0.153. The van der Waals surface area contributed by atoms with Crippen molar-refractivity contribution < 1.29 is 38.1 Å². The summed E-state index contributed by atoms with van der Waals surface area (Å²) in [6.45, 7) is 3.23. The lowest BCUT2D eigenvalue weighted by atomic mass is 9.80. The van der Waals surface area contributed by atoms with Crippen LogP contribution in [0.3, 0.4) is 0 Å². The second-order valence-corrected chi connectivity index (χ2v) is 11.0. The summed E-state index contributed by atoms with van der Waals surface area (Å²) in [5.74, 6) is -1.63. The van der Waals surface area contributed by atoms with E-state index in [1.165, 1.54) is 26.4 Å². The highest BCUT2D eigenvalue weighted by Crippen LogP contribution is 2.46. The zero-order valence-corrected chi connectivity index (χ0v) is 24.5. The van der Waals surface area contributed by atoms with Gasteiger partial charge in [0.25, 0.3) is 0 Å². The van der Waals surface area contributed by atoms with Gasteiger partial charge in [-0.1, -0.05) is 23.8 Å². The number of esters is 2. The molecule has 1 aliphatic heterocycles. The SMILES string of the molecule is COCCC(=O)Oc1cc(O)c2c(=O)cc(C3(C)CC=CC=C3Cl)oc2c1[C@H]1CCN(C)C[C@H]1OC(=O)CCOC. The number of nitrogens with zero attached hydrogens (tertiary/aromatic N) is 1. The fraction of sp³-hybridized carbons (Fsp3) is 0.500. The van der Waals surface area contributed by atoms with E-state index >= 15 is 0 Å². The molecule has 1 aromatic heterocycles. The van der Waals surface area contributed by atoms with Crippen molar-refractivity contribution in [3.63, 3.8) is 0 Å². The van der Waals surface area contributed by atoms with Gasteiger partial charge in [-0.3, -0.25) is 14.4 Å². The predicted molar refractivity (Wildman–Crippen MR) is 153 cm³/mol. The van der Waals surface area contributed by atoms with Gasteiger partial charge in [0.05, 0.1) is 31.5 Å². The maximum Gasteiger partial charge on any atom is 0.313 e. The molecule has 3 atom stereocenters. The molecule has 4 rings (SSSR count). The molecule has 1 fully saturated rings. The van der Waals surface area contributed by atoms with E-state index in [0.29, 0.717) is 42.3 Å². The Hall–Kier alpha value is -3.18. The van der Waals surface area contributed by atoms with E-state index in [-0.39, 0.29) is 42.8 Å². The molecule has 10 nitrogen and oxygen atoms in total. The molecule has 0 bridgehead atoms. The van der Waals surface area contributed by atoms with Gasteiger partial charge in [0.1, 0.15) is 34.3 Å². The van der Waals surface area contributed by atoms with Crippen LogP contribution in [0.2, 0.25) is 0 Å². The number of hydrogen-bond acceptors (Lipinski definition) is 10. The molecule has 0 saturated carbocycles. The molecule has 41 heavy (non-hydrogen) atoms. The van der Waals surface area contributed by atoms with Crippen LogP contribution in [0.5, 0.6) is 11.5 Å². The maximum atomic E-state index is 13.5. The number of likely N-dealkylation sites (tertiary alicyclic amines) is 1. The largest absolute Gasteiger partial charge is 0.507 e. The Labute approximate surface area is 243 Å². The number of carbonyl (C=O) groups is 2. The van der Waals surface area contributed by atoms with Crippen LogP contribution in [0.4, 0.5) is 0 Å². The number of carbonyl (C=O) groups excluding carboxylic acids is 2. The number of allylic oxidation sites excluding steroid dienone is 4. The van der Waals surface area contributed by atoms with Gasteiger partial charge in [-0.15, -0.1) is 0 Å². The molecule has 0 spiro atoms. The molecule has 1 aromatic carbocycles. The van der Waals surface area contributed by atoms with Crippen LogP contribution in [0, 0.1) is 0 Å². The van der Waals surface area contributed by atoms with Gasteiger partial charge in [-0.25, -0.2) is 0 Å². The molecule has 1 saturated heterocycles. The van der Waals surface area contributed by atoms with Crippen molar-refractivity contribution in [2.45, 2.75) is 50.0 Å². The summed E-state index contributed by atoms with van der Waals surface area (Å²) in [6.07, 6.45) is 5.85. The number of methoxy groups -OCH3 is 2. The number of phenols is 1. The number of halogens is 1. The number of phenolic OH excluding ortho intramolecular Hbond substituents is 1. The van der Waals surface area contributed by atoms with Gasteiger partial charge in [0, 0.05) is 49.4 Å². The van der Waals surface area contributed by atoms with Crippen molar-refractivity contribution in [1.82, 2.24) is 4.90 Å². The normalized spacial score (nSPS) is 22.9. The molecule has 11 heteroatoms. The molecule has 1 N–H and O–H groups in total. The van der Waals surface area contributed by atoms with Crippen molar-refractivity contribution in [1.29, 1.82) is 0 Å². The molecular formula is C30H36ClNO9. The first-order valence-corrected chi connectivity index (χ1v) is 13.9. The van der Waals surface area contributed by atoms with Crippen molar-refractivity contribution in [3.05, 3.63) is 56.9 Å². The highest BCUT2D eigenvalue weighted by atomic mass is 35.5. The summed E-state index contributed by atoms with van der Waals surface area (Å²) < 4.78 is 28.1. The van der Waals surface area contributed by atoms with Crippen LogP contribution in [0.15, 0.2) is 44.6 Å². The Balaban J connectivity index is 1.93. The predicted octanol–water partition coefficient (Wildman–Crippen LogP) is 4.15. The topological polar surface area (TPSA) is 125 Å². The monoisotopic (exact) mass is 589 g/mol. The first-order chi connectivity index (χ1) is 19.6. The maximum absolute atomic E-state index is 13.5. The molecular weight excluding hydrogens is 554 g/mol. The number of fused-ring (bicyclic) bond motifs is 1. The fourth-order valence-corrected chi connectivity index (χ4v) is 5.51. The van der Waals surface area contributed by atoms with Crippen LogP contribution in [0.25, 0.3) is 11.0 Å². The van der Waals surface area contributed by atoms with Gasteiger partial charge in [0.2, 0.25) is 0 Å². The Kier molecular flexibility index (Phi) is 9.91. The van der Waals surface area contributed by atoms with Crippen LogP contribution in [-0.2, 0) is 29.2 Å². The lowest BCUT2D eigenvalue weighted by Crippen LogP contribution is -2.43. The Morgan fingerprint density at radius 2 is 1.88 bits per heavy atom. The van der Waals surface area contributed by atoms with E-state index in [1.807, 2.05) is 31.0 Å². The summed E-state index contributed by atoms with van der Waals surface area (Å²) in [6, 6.07) is 2.58. The van der Waals surface area contributed by atoms with Gasteiger partial charge in [0.15, 0.2) is 5.43 Å². The van der Waals surface area contributed by atoms with E-state index in [1.54, 1.807) is 6.08 Å². The lowest BCUT2D eigenvalue weighted by Gasteiger charge is -2.37. The summed E-state index contributed by atoms with van der Waals surface area (Å²) in [5.41, 5.74) is -0.871. The molecule has 0 radical (unpaired) electrons. The van der Waals surface area contributed by atoms with Crippen molar-refractivity contribution in [2.75, 3.05) is 47.6 Å². The van der Waals surface area contributed by atoms with Gasteiger partial charge in [-0.05, 0) is 39.4 Å². The molecule has 1 aliphatic carbocycles. The number of aromatic hydroxyl groups is 1. The molecule has 2 heterocycles. The summed E-state index contributed by atoms with van der Waals surface area (Å²) >= 11 is 6.61. The highest BCUT2D eigenvalue weighted by molar-refractivity contribution is 6.31. The second kappa shape index (κ2) is 13.2. The van der Waals surface area contributed by atoms with Gasteiger partial charge >= 0.3 is 11.9 Å². The van der Waals surface area contributed by atoms with E-state index in [9.17, 15) is 19.5 Å². The van der Waals surface area contributed by atoms with Crippen molar-refractivity contribution in [3.8, 4) is 11.5 Å².